The third kappa shape index (κ3) is 6.90. The second kappa shape index (κ2) is 10.8. The van der Waals surface area contributed by atoms with Gasteiger partial charge in [0.25, 0.3) is 5.91 Å². The van der Waals surface area contributed by atoms with Crippen LogP contribution in [0.25, 0.3) is 0 Å². The Kier molecular flexibility index (Phi) is 8.46. The number of rotatable bonds is 9. The summed E-state index contributed by atoms with van der Waals surface area (Å²) in [7, 11) is 0. The molecule has 2 rings (SSSR count). The van der Waals surface area contributed by atoms with E-state index in [0.717, 1.165) is 11.1 Å². The highest BCUT2D eigenvalue weighted by molar-refractivity contribution is 5.88. The standard InChI is InChI=1S/C25H34N2O3/c1-17(2)22-11-13-23(14-12-22)30-16-24(28)27(20(6)25(29)26-18(3)4)15-21-9-7-19(5)8-10-21/h7-14,17-18,20H,15-16H2,1-6H3,(H,26,29)/t20-/m0/s1. The fraction of sp³-hybridized carbons (Fsp3) is 0.440. The largest absolute Gasteiger partial charge is 0.484 e. The molecule has 0 fully saturated rings. The first-order valence-corrected chi connectivity index (χ1v) is 10.6. The lowest BCUT2D eigenvalue weighted by Gasteiger charge is -2.29. The first-order valence-electron chi connectivity index (χ1n) is 10.6. The van der Waals surface area contributed by atoms with Crippen molar-refractivity contribution >= 4 is 11.8 Å². The Balaban J connectivity index is 2.11. The molecular formula is C25H34N2O3. The Bertz CT molecular complexity index is 826. The Morgan fingerprint density at radius 3 is 2.07 bits per heavy atom. The molecule has 0 heterocycles. The molecule has 0 radical (unpaired) electrons. The third-order valence-corrected chi connectivity index (χ3v) is 4.98. The first kappa shape index (κ1) is 23.5. The molecule has 2 amide bonds. The monoisotopic (exact) mass is 410 g/mol. The fourth-order valence-electron chi connectivity index (χ4n) is 3.05. The van der Waals surface area contributed by atoms with E-state index in [2.05, 4.69) is 19.2 Å². The van der Waals surface area contributed by atoms with Gasteiger partial charge in [0.05, 0.1) is 0 Å². The van der Waals surface area contributed by atoms with E-state index in [4.69, 9.17) is 4.74 Å². The van der Waals surface area contributed by atoms with E-state index in [1.165, 1.54) is 5.56 Å². The number of hydrogen-bond donors (Lipinski definition) is 1. The molecule has 0 spiro atoms. The van der Waals surface area contributed by atoms with Crippen molar-refractivity contribution in [2.24, 2.45) is 0 Å². The normalized spacial score (nSPS) is 12.0. The van der Waals surface area contributed by atoms with Crippen molar-refractivity contribution in [3.8, 4) is 5.75 Å². The van der Waals surface area contributed by atoms with Crippen LogP contribution in [0.4, 0.5) is 0 Å². The van der Waals surface area contributed by atoms with Gasteiger partial charge in [-0.25, -0.2) is 0 Å². The van der Waals surface area contributed by atoms with Crippen LogP contribution in [-0.4, -0.2) is 35.4 Å². The lowest BCUT2D eigenvalue weighted by molar-refractivity contribution is -0.142. The lowest BCUT2D eigenvalue weighted by Crippen LogP contribution is -2.50. The van der Waals surface area contributed by atoms with E-state index in [1.807, 2.05) is 69.3 Å². The van der Waals surface area contributed by atoms with Gasteiger partial charge < -0.3 is 15.0 Å². The van der Waals surface area contributed by atoms with Crippen molar-refractivity contribution in [2.75, 3.05) is 6.61 Å². The van der Waals surface area contributed by atoms with Crippen LogP contribution in [0.3, 0.4) is 0 Å². The first-order chi connectivity index (χ1) is 14.2. The van der Waals surface area contributed by atoms with Crippen LogP contribution < -0.4 is 10.1 Å². The number of carbonyl (C=O) groups is 2. The van der Waals surface area contributed by atoms with Crippen molar-refractivity contribution in [3.05, 3.63) is 65.2 Å². The van der Waals surface area contributed by atoms with Crippen LogP contribution in [0.15, 0.2) is 48.5 Å². The van der Waals surface area contributed by atoms with Crippen molar-refractivity contribution in [2.45, 2.75) is 66.1 Å². The topological polar surface area (TPSA) is 58.6 Å². The number of amides is 2. The van der Waals surface area contributed by atoms with Crippen LogP contribution in [0.2, 0.25) is 0 Å². The highest BCUT2D eigenvalue weighted by Gasteiger charge is 2.26. The molecule has 162 valence electrons. The number of benzene rings is 2. The second-order valence-electron chi connectivity index (χ2n) is 8.36. The highest BCUT2D eigenvalue weighted by Crippen LogP contribution is 2.19. The molecule has 0 saturated heterocycles. The summed E-state index contributed by atoms with van der Waals surface area (Å²) in [5.41, 5.74) is 3.34. The van der Waals surface area contributed by atoms with Gasteiger partial charge in [-0.3, -0.25) is 9.59 Å². The lowest BCUT2D eigenvalue weighted by atomic mass is 10.0. The summed E-state index contributed by atoms with van der Waals surface area (Å²) >= 11 is 0. The minimum atomic E-state index is -0.604. The number of aryl methyl sites for hydroxylation is 1. The van der Waals surface area contributed by atoms with Gasteiger partial charge >= 0.3 is 0 Å². The van der Waals surface area contributed by atoms with Crippen LogP contribution >= 0.6 is 0 Å². The van der Waals surface area contributed by atoms with E-state index in [1.54, 1.807) is 11.8 Å². The van der Waals surface area contributed by atoms with E-state index in [-0.39, 0.29) is 24.5 Å². The summed E-state index contributed by atoms with van der Waals surface area (Å²) in [5.74, 6) is 0.676. The van der Waals surface area contributed by atoms with Gasteiger partial charge in [0.2, 0.25) is 5.91 Å². The molecule has 2 aromatic carbocycles. The van der Waals surface area contributed by atoms with Gasteiger partial charge in [0, 0.05) is 12.6 Å². The molecule has 2 aromatic rings. The molecule has 0 unspecified atom stereocenters. The molecule has 0 aliphatic carbocycles. The Labute approximate surface area is 180 Å². The van der Waals surface area contributed by atoms with Gasteiger partial charge in [-0.2, -0.15) is 0 Å². The zero-order valence-corrected chi connectivity index (χ0v) is 18.9. The molecule has 5 heteroatoms. The average Bonchev–Trinajstić information content (AvgIpc) is 2.70. The van der Waals surface area contributed by atoms with Gasteiger partial charge in [0.15, 0.2) is 6.61 Å². The molecule has 0 aromatic heterocycles. The molecule has 30 heavy (non-hydrogen) atoms. The minimum absolute atomic E-state index is 0.00648. The Hall–Kier alpha value is -2.82. The Morgan fingerprint density at radius 2 is 1.53 bits per heavy atom. The summed E-state index contributed by atoms with van der Waals surface area (Å²) in [6.07, 6.45) is 0. The number of carbonyl (C=O) groups excluding carboxylic acids is 2. The van der Waals surface area contributed by atoms with E-state index < -0.39 is 6.04 Å². The smallest absolute Gasteiger partial charge is 0.261 e. The molecule has 0 bridgehead atoms. The maximum atomic E-state index is 13.0. The van der Waals surface area contributed by atoms with Crippen molar-refractivity contribution < 1.29 is 14.3 Å². The molecule has 0 aliphatic rings. The summed E-state index contributed by atoms with van der Waals surface area (Å²) in [6.45, 7) is 12.1. The maximum absolute atomic E-state index is 13.0. The fourth-order valence-corrected chi connectivity index (χ4v) is 3.05. The summed E-state index contributed by atoms with van der Waals surface area (Å²) in [6, 6.07) is 15.1. The number of hydrogen-bond acceptors (Lipinski definition) is 3. The van der Waals surface area contributed by atoms with Crippen molar-refractivity contribution in [3.63, 3.8) is 0 Å². The molecule has 1 atom stereocenters. The molecule has 1 N–H and O–H groups in total. The SMILES string of the molecule is Cc1ccc(CN(C(=O)COc2ccc(C(C)C)cc2)[C@@H](C)C(=O)NC(C)C)cc1. The van der Waals surface area contributed by atoms with Gasteiger partial charge in [-0.15, -0.1) is 0 Å². The molecule has 5 nitrogen and oxygen atoms in total. The predicted molar refractivity (Wildman–Crippen MR) is 120 cm³/mol. The van der Waals surface area contributed by atoms with Gasteiger partial charge in [0.1, 0.15) is 11.8 Å². The Morgan fingerprint density at radius 1 is 0.933 bits per heavy atom. The van der Waals surface area contributed by atoms with Gasteiger partial charge in [-0.05, 0) is 56.9 Å². The van der Waals surface area contributed by atoms with E-state index >= 15 is 0 Å². The second-order valence-corrected chi connectivity index (χ2v) is 8.36. The zero-order chi connectivity index (χ0) is 22.3. The maximum Gasteiger partial charge on any atom is 0.261 e. The zero-order valence-electron chi connectivity index (χ0n) is 18.9. The summed E-state index contributed by atoms with van der Waals surface area (Å²) in [5, 5.41) is 2.89. The van der Waals surface area contributed by atoms with Crippen LogP contribution in [0.1, 0.15) is 57.2 Å². The number of nitrogens with one attached hydrogen (secondary N) is 1. The van der Waals surface area contributed by atoms with Crippen LogP contribution in [0, 0.1) is 6.92 Å². The quantitative estimate of drug-likeness (QED) is 0.665. The van der Waals surface area contributed by atoms with Crippen LogP contribution in [0.5, 0.6) is 5.75 Å². The molecule has 0 aliphatic heterocycles. The third-order valence-electron chi connectivity index (χ3n) is 4.98. The predicted octanol–water partition coefficient (Wildman–Crippen LogP) is 4.44. The van der Waals surface area contributed by atoms with Crippen molar-refractivity contribution in [1.29, 1.82) is 0 Å². The van der Waals surface area contributed by atoms with Crippen molar-refractivity contribution in [1.82, 2.24) is 10.2 Å². The average molecular weight is 411 g/mol. The highest BCUT2D eigenvalue weighted by atomic mass is 16.5. The minimum Gasteiger partial charge on any atom is -0.484 e. The molecular weight excluding hydrogens is 376 g/mol. The van der Waals surface area contributed by atoms with E-state index in [0.29, 0.717) is 18.2 Å². The van der Waals surface area contributed by atoms with Gasteiger partial charge in [-0.1, -0.05) is 55.8 Å². The number of ether oxygens (including phenoxy) is 1. The summed E-state index contributed by atoms with van der Waals surface area (Å²) in [4.78, 5) is 27.2. The van der Waals surface area contributed by atoms with E-state index in [9.17, 15) is 9.59 Å². The van der Waals surface area contributed by atoms with Crippen LogP contribution in [-0.2, 0) is 16.1 Å². The number of nitrogens with zero attached hydrogens (tertiary/aromatic N) is 1. The summed E-state index contributed by atoms with van der Waals surface area (Å²) < 4.78 is 5.73. The molecule has 0 saturated carbocycles.